The van der Waals surface area contributed by atoms with E-state index in [1.54, 1.807) is 24.5 Å². The number of guanidine groups is 1. The van der Waals surface area contributed by atoms with Crippen molar-refractivity contribution in [3.05, 3.63) is 66.5 Å². The number of hydrogen-bond acceptors (Lipinski definition) is 8. The molecule has 3 heterocycles. The van der Waals surface area contributed by atoms with E-state index in [9.17, 15) is 14.9 Å². The molecular formula is C19H21Cl2N7O4S. The summed E-state index contributed by atoms with van der Waals surface area (Å²) in [5, 5.41) is 18.2. The number of cyclic esters (lactones) is 1. The van der Waals surface area contributed by atoms with Crippen LogP contribution in [0.3, 0.4) is 0 Å². The van der Waals surface area contributed by atoms with E-state index in [0.29, 0.717) is 28.8 Å². The van der Waals surface area contributed by atoms with Gasteiger partial charge in [-0.25, -0.2) is 24.9 Å². The maximum absolute atomic E-state index is 11.1. The van der Waals surface area contributed by atoms with Crippen LogP contribution in [0.2, 0.25) is 9.62 Å². The molecule has 0 radical (unpaired) electrons. The summed E-state index contributed by atoms with van der Waals surface area (Å²) < 4.78 is 5.41. The van der Waals surface area contributed by atoms with Crippen molar-refractivity contribution in [2.75, 3.05) is 13.7 Å². The predicted octanol–water partition coefficient (Wildman–Crippen LogP) is 2.79. The van der Waals surface area contributed by atoms with Crippen molar-refractivity contribution in [2.24, 2.45) is 5.10 Å². The third-order valence-electron chi connectivity index (χ3n) is 4.52. The van der Waals surface area contributed by atoms with Crippen molar-refractivity contribution in [3.63, 3.8) is 0 Å². The normalized spacial score (nSPS) is 15.2. The van der Waals surface area contributed by atoms with Gasteiger partial charge in [-0.3, -0.25) is 0 Å². The zero-order valence-corrected chi connectivity index (χ0v) is 19.9. The largest absolute Gasteiger partial charge is 0.456 e. The van der Waals surface area contributed by atoms with E-state index in [0.717, 1.165) is 22.7 Å². The Hall–Kier alpha value is -2.96. The molecule has 14 heteroatoms. The second-order valence-electron chi connectivity index (χ2n) is 6.96. The van der Waals surface area contributed by atoms with Crippen molar-refractivity contribution in [3.8, 4) is 0 Å². The Kier molecular flexibility index (Phi) is 8.80. The summed E-state index contributed by atoms with van der Waals surface area (Å²) in [7, 11) is 1.54. The number of nitrogens with zero attached hydrogens (tertiary/aromatic N) is 5. The summed E-state index contributed by atoms with van der Waals surface area (Å²) in [5.41, 5.74) is 2.06. The molecule has 0 amide bonds. The first-order valence-corrected chi connectivity index (χ1v) is 11.4. The summed E-state index contributed by atoms with van der Waals surface area (Å²) in [6, 6.07) is 4.27. The molecule has 1 saturated carbocycles. The zero-order chi connectivity index (χ0) is 23.8. The molecule has 0 saturated heterocycles. The molecule has 11 nitrogen and oxygen atoms in total. The molecule has 2 aromatic heterocycles. The summed E-state index contributed by atoms with van der Waals surface area (Å²) in [6.45, 7) is 1.52. The molecule has 176 valence electrons. The van der Waals surface area contributed by atoms with E-state index in [2.05, 4.69) is 30.6 Å². The van der Waals surface area contributed by atoms with Gasteiger partial charge in [0.1, 0.15) is 16.9 Å². The number of carbonyl (C=O) groups excluding carboxylic acids is 1. The average Bonchev–Trinajstić information content (AvgIpc) is 3.40. The highest BCUT2D eigenvalue weighted by molar-refractivity contribution is 7.15. The van der Waals surface area contributed by atoms with Gasteiger partial charge < -0.3 is 20.3 Å². The van der Waals surface area contributed by atoms with Gasteiger partial charge in [-0.05, 0) is 24.5 Å². The number of aromatic nitrogens is 2. The van der Waals surface area contributed by atoms with Crippen molar-refractivity contribution in [1.82, 2.24) is 25.5 Å². The monoisotopic (exact) mass is 513 g/mol. The minimum atomic E-state index is -0.779. The first-order chi connectivity index (χ1) is 15.8. The van der Waals surface area contributed by atoms with Crippen LogP contribution in [0.25, 0.3) is 0 Å². The molecule has 2 aromatic rings. The van der Waals surface area contributed by atoms with Crippen LogP contribution in [0.15, 0.2) is 41.4 Å². The molecule has 0 aromatic carbocycles. The van der Waals surface area contributed by atoms with Crippen LogP contribution in [0.4, 0.5) is 0 Å². The predicted molar refractivity (Wildman–Crippen MR) is 124 cm³/mol. The maximum Gasteiger partial charge on any atom is 0.333 e. The lowest BCUT2D eigenvalue weighted by Gasteiger charge is -2.24. The molecule has 4 rings (SSSR count). The number of pyridine rings is 1. The Morgan fingerprint density at radius 3 is 2.67 bits per heavy atom. The Labute approximate surface area is 203 Å². The number of carbonyl (C=O) groups is 1. The lowest BCUT2D eigenvalue weighted by molar-refractivity contribution is -0.485. The molecular weight excluding hydrogens is 493 g/mol. The number of ether oxygens (including phenoxy) is 1. The average molecular weight is 514 g/mol. The fourth-order valence-corrected chi connectivity index (χ4v) is 3.90. The van der Waals surface area contributed by atoms with Crippen molar-refractivity contribution >= 4 is 46.5 Å². The number of rotatable bonds is 7. The number of hydrazone groups is 1. The van der Waals surface area contributed by atoms with E-state index < -0.39 is 5.03 Å². The molecule has 1 aliphatic carbocycles. The third kappa shape index (κ3) is 8.15. The van der Waals surface area contributed by atoms with Gasteiger partial charge in [0.15, 0.2) is 9.50 Å². The van der Waals surface area contributed by atoms with E-state index in [1.165, 1.54) is 31.2 Å². The summed E-state index contributed by atoms with van der Waals surface area (Å²) >= 11 is 12.7. The van der Waals surface area contributed by atoms with Crippen LogP contribution in [0, 0.1) is 10.1 Å². The molecule has 1 aliphatic heterocycles. The summed E-state index contributed by atoms with van der Waals surface area (Å²) in [5.74, 6) is -0.158. The van der Waals surface area contributed by atoms with Gasteiger partial charge >= 0.3 is 5.97 Å². The summed E-state index contributed by atoms with van der Waals surface area (Å²) in [6.07, 6.45) is 7.30. The van der Waals surface area contributed by atoms with Gasteiger partial charge in [-0.1, -0.05) is 29.3 Å². The van der Waals surface area contributed by atoms with Gasteiger partial charge in [0, 0.05) is 43.0 Å². The van der Waals surface area contributed by atoms with Crippen LogP contribution in [-0.4, -0.2) is 51.5 Å². The zero-order valence-electron chi connectivity index (χ0n) is 17.5. The first-order valence-electron chi connectivity index (χ1n) is 9.83. The molecule has 0 atom stereocenters. The SMILES string of the molecule is CN/C(=N\[N+](=O)[O-])NCc1cnc(Cl)s1.O=C1C=C(N(Cc2ccc(Cl)nc2)C2CC2)CO1. The number of halogens is 2. The summed E-state index contributed by atoms with van der Waals surface area (Å²) in [4.78, 5) is 32.2. The number of esters is 1. The molecule has 1 fully saturated rings. The van der Waals surface area contributed by atoms with E-state index in [1.807, 2.05) is 6.07 Å². The quantitative estimate of drug-likeness (QED) is 0.143. The van der Waals surface area contributed by atoms with Crippen LogP contribution in [-0.2, 0) is 22.6 Å². The Morgan fingerprint density at radius 2 is 2.15 bits per heavy atom. The van der Waals surface area contributed by atoms with E-state index in [-0.39, 0.29) is 11.9 Å². The number of nitro groups is 1. The third-order valence-corrected chi connectivity index (χ3v) is 5.86. The highest BCUT2D eigenvalue weighted by atomic mass is 35.5. The van der Waals surface area contributed by atoms with Crippen LogP contribution in [0.5, 0.6) is 0 Å². The van der Waals surface area contributed by atoms with Gasteiger partial charge in [0.25, 0.3) is 5.96 Å². The van der Waals surface area contributed by atoms with Crippen LogP contribution in [0.1, 0.15) is 23.3 Å². The van der Waals surface area contributed by atoms with E-state index in [4.69, 9.17) is 27.9 Å². The molecule has 0 unspecified atom stereocenters. The Morgan fingerprint density at radius 1 is 1.36 bits per heavy atom. The number of thiazole rings is 1. The lowest BCUT2D eigenvalue weighted by atomic mass is 10.2. The van der Waals surface area contributed by atoms with Crippen LogP contribution >= 0.6 is 34.5 Å². The van der Waals surface area contributed by atoms with Gasteiger partial charge in [0.2, 0.25) is 0 Å². The van der Waals surface area contributed by atoms with Gasteiger partial charge in [-0.15, -0.1) is 11.3 Å². The fraction of sp³-hybridized carbons (Fsp3) is 0.368. The molecule has 2 N–H and O–H groups in total. The first kappa shape index (κ1) is 24.7. The molecule has 0 bridgehead atoms. The second kappa shape index (κ2) is 11.8. The fourth-order valence-electron chi connectivity index (χ4n) is 2.87. The number of nitrogens with one attached hydrogen (secondary N) is 2. The van der Waals surface area contributed by atoms with Crippen molar-refractivity contribution < 1.29 is 14.6 Å². The standard InChI is InChI=1S/C13H13ClN2O2.C6H8ClN5O2S/c14-12-4-1-9(6-15-12)7-16(10-2-3-10)11-5-13(17)18-8-11;1-8-6(11-12(13)14)10-3-4-2-9-5(7)15-4/h1,4-6,10H,2-3,7-8H2;2H,3H2,1H3,(H2,8,10,11). The highest BCUT2D eigenvalue weighted by Crippen LogP contribution is 2.32. The van der Waals surface area contributed by atoms with Crippen molar-refractivity contribution in [1.29, 1.82) is 0 Å². The maximum atomic E-state index is 11.1. The molecule has 2 aliphatic rings. The topological polar surface area (TPSA) is 135 Å². The molecule has 0 spiro atoms. The minimum Gasteiger partial charge on any atom is -0.456 e. The van der Waals surface area contributed by atoms with Crippen molar-refractivity contribution in [2.45, 2.75) is 32.0 Å². The van der Waals surface area contributed by atoms with Crippen LogP contribution < -0.4 is 10.6 Å². The lowest BCUT2D eigenvalue weighted by Crippen LogP contribution is -2.34. The highest BCUT2D eigenvalue weighted by Gasteiger charge is 2.32. The smallest absolute Gasteiger partial charge is 0.333 e. The Balaban J connectivity index is 0.000000190. The Bertz CT molecular complexity index is 1040. The second-order valence-corrected chi connectivity index (χ2v) is 9.05. The van der Waals surface area contributed by atoms with Gasteiger partial charge in [-0.2, -0.15) is 0 Å². The minimum absolute atomic E-state index is 0.0875. The van der Waals surface area contributed by atoms with Gasteiger partial charge in [0.05, 0.1) is 12.2 Å². The number of hydrogen-bond donors (Lipinski definition) is 2. The van der Waals surface area contributed by atoms with E-state index >= 15 is 0 Å². The molecule has 33 heavy (non-hydrogen) atoms.